The van der Waals surface area contributed by atoms with Crippen molar-refractivity contribution >= 4 is 17.9 Å². The predicted molar refractivity (Wildman–Crippen MR) is 94.6 cm³/mol. The van der Waals surface area contributed by atoms with Gasteiger partial charge in [-0.15, -0.1) is 0 Å². The highest BCUT2D eigenvalue weighted by atomic mass is 16.5. The maximum Gasteiger partial charge on any atom is 0.330 e. The van der Waals surface area contributed by atoms with E-state index in [2.05, 4.69) is 29.2 Å². The van der Waals surface area contributed by atoms with Crippen LogP contribution in [0, 0.1) is 0 Å². The Bertz CT molecular complexity index is 360. The number of carbonyl (C=O) groups excluding carboxylic acids is 2. The summed E-state index contributed by atoms with van der Waals surface area (Å²) in [4.78, 5) is 30.3. The van der Waals surface area contributed by atoms with Gasteiger partial charge in [-0.25, -0.2) is 14.4 Å². The van der Waals surface area contributed by atoms with Gasteiger partial charge in [-0.1, -0.05) is 46.4 Å². The Kier molecular flexibility index (Phi) is 22.8. The number of carboxylic acid groups (broad SMARTS) is 1. The van der Waals surface area contributed by atoms with Gasteiger partial charge in [-0.05, 0) is 19.8 Å². The zero-order valence-corrected chi connectivity index (χ0v) is 15.0. The summed E-state index contributed by atoms with van der Waals surface area (Å²) in [6, 6.07) is 0. The number of rotatable bonds is 9. The lowest BCUT2D eigenvalue weighted by Crippen LogP contribution is -2.00. The molecule has 0 aliphatic rings. The first-order valence-electron chi connectivity index (χ1n) is 7.73. The molecule has 0 unspecified atom stereocenters. The number of ether oxygens (including phenoxy) is 2. The lowest BCUT2D eigenvalue weighted by Gasteiger charge is -1.97. The van der Waals surface area contributed by atoms with Crippen LogP contribution in [0.15, 0.2) is 37.5 Å². The van der Waals surface area contributed by atoms with E-state index >= 15 is 0 Å². The van der Waals surface area contributed by atoms with Crippen molar-refractivity contribution in [3.63, 3.8) is 0 Å². The van der Waals surface area contributed by atoms with Crippen LogP contribution in [0.3, 0.4) is 0 Å². The monoisotopic (exact) mass is 342 g/mol. The standard InChI is InChI=1S/2C7H12O2.C4H6O2/c2*1-3-5-6-9-7(8)4-2;1-3(2)4(5)6/h2*4H,2-3,5-6H2,1H3;1H2,2H3,(H,5,6). The maximum atomic E-state index is 10.3. The van der Waals surface area contributed by atoms with E-state index in [0.29, 0.717) is 13.2 Å². The molecule has 0 aromatic rings. The molecule has 0 aromatic heterocycles. The van der Waals surface area contributed by atoms with E-state index in [0.717, 1.165) is 25.7 Å². The minimum absolute atomic E-state index is 0.176. The Hall–Kier alpha value is -2.37. The number of carboxylic acids is 1. The van der Waals surface area contributed by atoms with Gasteiger partial charge < -0.3 is 14.6 Å². The number of aliphatic carboxylic acids is 1. The van der Waals surface area contributed by atoms with E-state index in [1.165, 1.54) is 19.1 Å². The molecule has 0 aliphatic heterocycles. The molecule has 0 aliphatic carbocycles. The molecule has 0 amide bonds. The van der Waals surface area contributed by atoms with Gasteiger partial charge in [0.1, 0.15) is 0 Å². The predicted octanol–water partition coefficient (Wildman–Crippen LogP) is 3.68. The van der Waals surface area contributed by atoms with Gasteiger partial charge >= 0.3 is 17.9 Å². The average Bonchev–Trinajstić information content (AvgIpc) is 2.56. The van der Waals surface area contributed by atoms with Crippen molar-refractivity contribution in [2.45, 2.75) is 46.5 Å². The van der Waals surface area contributed by atoms with E-state index in [1.807, 2.05) is 13.8 Å². The van der Waals surface area contributed by atoms with Gasteiger partial charge in [0, 0.05) is 17.7 Å². The van der Waals surface area contributed by atoms with Crippen molar-refractivity contribution in [3.05, 3.63) is 37.5 Å². The quantitative estimate of drug-likeness (QED) is 0.390. The molecule has 6 heteroatoms. The summed E-state index contributed by atoms with van der Waals surface area (Å²) in [7, 11) is 0. The third kappa shape index (κ3) is 27.9. The minimum atomic E-state index is -0.935. The molecule has 24 heavy (non-hydrogen) atoms. The fourth-order valence-corrected chi connectivity index (χ4v) is 0.752. The van der Waals surface area contributed by atoms with E-state index in [4.69, 9.17) is 5.11 Å². The third-order valence-electron chi connectivity index (χ3n) is 2.18. The van der Waals surface area contributed by atoms with Crippen LogP contribution in [0.2, 0.25) is 0 Å². The van der Waals surface area contributed by atoms with Crippen LogP contribution in [0.1, 0.15) is 46.5 Å². The van der Waals surface area contributed by atoms with Crippen molar-refractivity contribution in [2.75, 3.05) is 13.2 Å². The Morgan fingerprint density at radius 2 is 1.21 bits per heavy atom. The van der Waals surface area contributed by atoms with Crippen LogP contribution in [0.4, 0.5) is 0 Å². The number of unbranched alkanes of at least 4 members (excludes halogenated alkanes) is 2. The van der Waals surface area contributed by atoms with Gasteiger partial charge in [0.25, 0.3) is 0 Å². The third-order valence-corrected chi connectivity index (χ3v) is 2.18. The van der Waals surface area contributed by atoms with Crippen molar-refractivity contribution in [2.24, 2.45) is 0 Å². The molecule has 0 bridgehead atoms. The fourth-order valence-electron chi connectivity index (χ4n) is 0.752. The SMILES string of the molecule is C=C(C)C(=O)O.C=CC(=O)OCCCC.C=CC(=O)OCCCC. The number of hydrogen-bond acceptors (Lipinski definition) is 5. The zero-order valence-electron chi connectivity index (χ0n) is 15.0. The topological polar surface area (TPSA) is 89.9 Å². The van der Waals surface area contributed by atoms with Crippen molar-refractivity contribution in [1.29, 1.82) is 0 Å². The second-order valence-corrected chi connectivity index (χ2v) is 4.54. The van der Waals surface area contributed by atoms with Crippen LogP contribution in [-0.4, -0.2) is 36.2 Å². The highest BCUT2D eigenvalue weighted by Gasteiger charge is 1.92. The van der Waals surface area contributed by atoms with E-state index < -0.39 is 5.97 Å². The molecule has 0 atom stereocenters. The van der Waals surface area contributed by atoms with Crippen LogP contribution >= 0.6 is 0 Å². The molecule has 0 radical (unpaired) electrons. The summed E-state index contributed by atoms with van der Waals surface area (Å²) in [5, 5.41) is 7.89. The molecular formula is C18H30O6. The smallest absolute Gasteiger partial charge is 0.330 e. The van der Waals surface area contributed by atoms with Crippen molar-refractivity contribution in [3.8, 4) is 0 Å². The summed E-state index contributed by atoms with van der Waals surface area (Å²) >= 11 is 0. The van der Waals surface area contributed by atoms with Gasteiger partial charge in [-0.2, -0.15) is 0 Å². The first-order chi connectivity index (χ1) is 11.3. The molecule has 0 fully saturated rings. The average molecular weight is 342 g/mol. The summed E-state index contributed by atoms with van der Waals surface area (Å²) in [5.74, 6) is -1.60. The van der Waals surface area contributed by atoms with Crippen LogP contribution < -0.4 is 0 Å². The van der Waals surface area contributed by atoms with E-state index in [-0.39, 0.29) is 17.5 Å². The van der Waals surface area contributed by atoms with Crippen molar-refractivity contribution < 1.29 is 29.0 Å². The normalized spacial score (nSPS) is 8.29. The van der Waals surface area contributed by atoms with E-state index in [9.17, 15) is 14.4 Å². The Labute approximate surface area is 144 Å². The summed E-state index contributed by atoms with van der Waals surface area (Å²) in [6.45, 7) is 16.2. The van der Waals surface area contributed by atoms with Gasteiger partial charge in [0.2, 0.25) is 0 Å². The highest BCUT2D eigenvalue weighted by molar-refractivity contribution is 5.84. The molecule has 0 saturated carbocycles. The Morgan fingerprint density at radius 3 is 1.38 bits per heavy atom. The second-order valence-electron chi connectivity index (χ2n) is 4.54. The number of hydrogen-bond donors (Lipinski definition) is 1. The van der Waals surface area contributed by atoms with Gasteiger partial charge in [0.05, 0.1) is 13.2 Å². The largest absolute Gasteiger partial charge is 0.478 e. The lowest BCUT2D eigenvalue weighted by atomic mass is 10.4. The summed E-state index contributed by atoms with van der Waals surface area (Å²) < 4.78 is 9.35. The lowest BCUT2D eigenvalue weighted by molar-refractivity contribution is -0.138. The van der Waals surface area contributed by atoms with Crippen LogP contribution in [0.25, 0.3) is 0 Å². The summed E-state index contributed by atoms with van der Waals surface area (Å²) in [5.41, 5.74) is 0.176. The molecule has 1 N–H and O–H groups in total. The Morgan fingerprint density at radius 1 is 0.917 bits per heavy atom. The van der Waals surface area contributed by atoms with Crippen LogP contribution in [0.5, 0.6) is 0 Å². The minimum Gasteiger partial charge on any atom is -0.478 e. The molecule has 138 valence electrons. The first kappa shape index (κ1) is 26.5. The molecule has 0 heterocycles. The molecule has 0 spiro atoms. The molecule has 0 aromatic carbocycles. The Balaban J connectivity index is -0.000000282. The molecule has 0 saturated heterocycles. The fraction of sp³-hybridized carbons (Fsp3) is 0.500. The van der Waals surface area contributed by atoms with Gasteiger partial charge in [0.15, 0.2) is 0 Å². The maximum absolute atomic E-state index is 10.3. The zero-order chi connectivity index (χ0) is 19.4. The molecule has 0 rings (SSSR count). The molecular weight excluding hydrogens is 312 g/mol. The molecule has 6 nitrogen and oxygen atoms in total. The van der Waals surface area contributed by atoms with E-state index in [1.54, 1.807) is 0 Å². The second kappa shape index (κ2) is 20.6. The van der Waals surface area contributed by atoms with Crippen LogP contribution in [-0.2, 0) is 23.9 Å². The van der Waals surface area contributed by atoms with Crippen molar-refractivity contribution in [1.82, 2.24) is 0 Å². The van der Waals surface area contributed by atoms with Gasteiger partial charge in [-0.3, -0.25) is 0 Å². The summed E-state index contributed by atoms with van der Waals surface area (Å²) in [6.07, 6.45) is 6.30. The highest BCUT2D eigenvalue weighted by Crippen LogP contribution is 1.88. The first-order valence-corrected chi connectivity index (χ1v) is 7.73. The number of carbonyl (C=O) groups is 3. The number of esters is 2.